The molecule has 0 bridgehead atoms. The van der Waals surface area contributed by atoms with E-state index in [2.05, 4.69) is 10.5 Å². The van der Waals surface area contributed by atoms with Gasteiger partial charge in [0.15, 0.2) is 0 Å². The summed E-state index contributed by atoms with van der Waals surface area (Å²) in [6.45, 7) is 1.78. The van der Waals surface area contributed by atoms with Gasteiger partial charge in [-0.15, -0.1) is 0 Å². The Hall–Kier alpha value is -1.61. The monoisotopic (exact) mass is 220 g/mol. The smallest absolute Gasteiger partial charge is 0.267 e. The van der Waals surface area contributed by atoms with Gasteiger partial charge in [0.25, 0.3) is 5.91 Å². The number of carbonyl (C=O) groups is 1. The number of hydrogen-bond donors (Lipinski definition) is 1. The van der Waals surface area contributed by atoms with Crippen LogP contribution in [0.25, 0.3) is 6.08 Å². The van der Waals surface area contributed by atoms with E-state index in [0.717, 1.165) is 5.56 Å². The van der Waals surface area contributed by atoms with E-state index in [1.165, 1.54) is 0 Å². The van der Waals surface area contributed by atoms with E-state index in [1.807, 2.05) is 18.2 Å². The molecular formula is C11H9ClN2O. The van der Waals surface area contributed by atoms with Crippen LogP contribution in [0.2, 0.25) is 5.02 Å². The predicted molar refractivity (Wildman–Crippen MR) is 60.7 cm³/mol. The van der Waals surface area contributed by atoms with Crippen LogP contribution in [0.4, 0.5) is 0 Å². The molecule has 1 aliphatic rings. The number of carbonyl (C=O) groups excluding carboxylic acids is 1. The summed E-state index contributed by atoms with van der Waals surface area (Å²) in [5.41, 5.74) is 4.46. The zero-order valence-corrected chi connectivity index (χ0v) is 8.88. The molecule has 0 unspecified atom stereocenters. The molecule has 1 aliphatic heterocycles. The molecule has 1 aromatic rings. The third kappa shape index (κ3) is 1.92. The van der Waals surface area contributed by atoms with Crippen LogP contribution in [0.3, 0.4) is 0 Å². The predicted octanol–water partition coefficient (Wildman–Crippen LogP) is 2.23. The molecule has 0 fully saturated rings. The topological polar surface area (TPSA) is 41.5 Å². The van der Waals surface area contributed by atoms with Crippen molar-refractivity contribution in [3.8, 4) is 0 Å². The number of hydrogen-bond acceptors (Lipinski definition) is 2. The Morgan fingerprint density at radius 3 is 2.73 bits per heavy atom. The highest BCUT2D eigenvalue weighted by Crippen LogP contribution is 2.19. The number of hydrazone groups is 1. The second kappa shape index (κ2) is 3.87. The van der Waals surface area contributed by atoms with Gasteiger partial charge >= 0.3 is 0 Å². The van der Waals surface area contributed by atoms with Crippen molar-refractivity contribution in [2.75, 3.05) is 0 Å². The first kappa shape index (κ1) is 9.93. The summed E-state index contributed by atoms with van der Waals surface area (Å²) in [5.74, 6) is -0.188. The zero-order valence-electron chi connectivity index (χ0n) is 8.12. The van der Waals surface area contributed by atoms with Crippen molar-refractivity contribution in [3.63, 3.8) is 0 Å². The lowest BCUT2D eigenvalue weighted by Crippen LogP contribution is -2.12. The fourth-order valence-electron chi connectivity index (χ4n) is 1.34. The number of nitrogens with zero attached hydrogens (tertiary/aromatic N) is 1. The minimum atomic E-state index is -0.188. The second-order valence-corrected chi connectivity index (χ2v) is 3.62. The molecule has 0 radical (unpaired) electrons. The van der Waals surface area contributed by atoms with Crippen molar-refractivity contribution in [1.29, 1.82) is 0 Å². The van der Waals surface area contributed by atoms with Crippen molar-refractivity contribution >= 4 is 29.3 Å². The Morgan fingerprint density at radius 1 is 1.40 bits per heavy atom. The fraction of sp³-hybridized carbons (Fsp3) is 0.0909. The van der Waals surface area contributed by atoms with Gasteiger partial charge in [0.05, 0.1) is 11.3 Å². The van der Waals surface area contributed by atoms with Gasteiger partial charge in [-0.3, -0.25) is 4.79 Å². The van der Waals surface area contributed by atoms with Gasteiger partial charge in [-0.05, 0) is 24.6 Å². The van der Waals surface area contributed by atoms with Gasteiger partial charge in [0, 0.05) is 5.02 Å². The number of nitrogens with one attached hydrogen (secondary N) is 1. The van der Waals surface area contributed by atoms with E-state index in [0.29, 0.717) is 16.3 Å². The first-order valence-corrected chi connectivity index (χ1v) is 4.87. The van der Waals surface area contributed by atoms with Crippen LogP contribution in [0.15, 0.2) is 34.9 Å². The molecular weight excluding hydrogens is 212 g/mol. The van der Waals surface area contributed by atoms with Gasteiger partial charge in [0.2, 0.25) is 0 Å². The first-order chi connectivity index (χ1) is 7.18. The lowest BCUT2D eigenvalue weighted by molar-refractivity contribution is -0.116. The van der Waals surface area contributed by atoms with Crippen molar-refractivity contribution in [3.05, 3.63) is 40.4 Å². The molecule has 1 amide bonds. The van der Waals surface area contributed by atoms with Gasteiger partial charge in [-0.25, -0.2) is 5.43 Å². The standard InChI is InChI=1S/C11H9ClN2O/c1-7-9(11(15)14-13-7)6-8-4-2-3-5-10(8)12/h2-6H,1H3,(H,14,15)/b9-6-. The molecule has 2 rings (SSSR count). The molecule has 76 valence electrons. The van der Waals surface area contributed by atoms with Crippen molar-refractivity contribution in [2.24, 2.45) is 5.10 Å². The van der Waals surface area contributed by atoms with Crippen LogP contribution >= 0.6 is 11.6 Å². The summed E-state index contributed by atoms with van der Waals surface area (Å²) in [6, 6.07) is 7.36. The Kier molecular flexibility index (Phi) is 2.56. The third-order valence-corrected chi connectivity index (χ3v) is 2.51. The summed E-state index contributed by atoms with van der Waals surface area (Å²) < 4.78 is 0. The maximum Gasteiger partial charge on any atom is 0.273 e. The number of benzene rings is 1. The molecule has 1 N–H and O–H groups in total. The largest absolute Gasteiger partial charge is 0.273 e. The molecule has 4 heteroatoms. The van der Waals surface area contributed by atoms with Crippen LogP contribution in [-0.2, 0) is 4.79 Å². The molecule has 0 atom stereocenters. The van der Waals surface area contributed by atoms with Crippen LogP contribution in [0, 0.1) is 0 Å². The molecule has 0 spiro atoms. The lowest BCUT2D eigenvalue weighted by Gasteiger charge is -1.98. The van der Waals surface area contributed by atoms with Crippen LogP contribution in [0.1, 0.15) is 12.5 Å². The van der Waals surface area contributed by atoms with E-state index in [-0.39, 0.29) is 5.91 Å². The summed E-state index contributed by atoms with van der Waals surface area (Å²) in [7, 11) is 0. The Bertz CT molecular complexity index is 477. The maximum absolute atomic E-state index is 11.4. The minimum absolute atomic E-state index is 0.188. The molecule has 3 nitrogen and oxygen atoms in total. The molecule has 0 aliphatic carbocycles. The normalized spacial score (nSPS) is 17.9. The summed E-state index contributed by atoms with van der Waals surface area (Å²) in [5, 5.41) is 4.45. The van der Waals surface area contributed by atoms with Crippen LogP contribution in [0.5, 0.6) is 0 Å². The summed E-state index contributed by atoms with van der Waals surface area (Å²) in [4.78, 5) is 11.4. The highest BCUT2D eigenvalue weighted by atomic mass is 35.5. The van der Waals surface area contributed by atoms with Crippen LogP contribution in [-0.4, -0.2) is 11.6 Å². The molecule has 1 aromatic carbocycles. The van der Waals surface area contributed by atoms with Gasteiger partial charge in [-0.1, -0.05) is 29.8 Å². The molecule has 0 aromatic heterocycles. The lowest BCUT2D eigenvalue weighted by atomic mass is 10.1. The zero-order chi connectivity index (χ0) is 10.8. The first-order valence-electron chi connectivity index (χ1n) is 4.50. The van der Waals surface area contributed by atoms with Gasteiger partial charge in [-0.2, -0.15) is 5.10 Å². The highest BCUT2D eigenvalue weighted by Gasteiger charge is 2.18. The Labute approximate surface area is 92.4 Å². The molecule has 1 heterocycles. The van der Waals surface area contributed by atoms with Gasteiger partial charge in [0.1, 0.15) is 0 Å². The average Bonchev–Trinajstić information content (AvgIpc) is 2.53. The number of halogens is 1. The maximum atomic E-state index is 11.4. The SMILES string of the molecule is CC1=NNC(=O)/C1=C\c1ccccc1Cl. The van der Waals surface area contributed by atoms with Crippen molar-refractivity contribution in [2.45, 2.75) is 6.92 Å². The Morgan fingerprint density at radius 2 is 2.13 bits per heavy atom. The summed E-state index contributed by atoms with van der Waals surface area (Å²) in [6.07, 6.45) is 1.74. The average molecular weight is 221 g/mol. The summed E-state index contributed by atoms with van der Waals surface area (Å²) >= 11 is 5.98. The third-order valence-electron chi connectivity index (χ3n) is 2.16. The van der Waals surface area contributed by atoms with Gasteiger partial charge < -0.3 is 0 Å². The molecule has 15 heavy (non-hydrogen) atoms. The Balaban J connectivity index is 2.43. The fourth-order valence-corrected chi connectivity index (χ4v) is 1.53. The number of rotatable bonds is 1. The quantitative estimate of drug-likeness (QED) is 0.725. The number of amides is 1. The van der Waals surface area contributed by atoms with E-state index < -0.39 is 0 Å². The van der Waals surface area contributed by atoms with Crippen LogP contribution < -0.4 is 5.43 Å². The highest BCUT2D eigenvalue weighted by molar-refractivity contribution is 6.33. The van der Waals surface area contributed by atoms with E-state index in [1.54, 1.807) is 19.1 Å². The molecule has 0 saturated heterocycles. The van der Waals surface area contributed by atoms with E-state index >= 15 is 0 Å². The van der Waals surface area contributed by atoms with Crippen molar-refractivity contribution < 1.29 is 4.79 Å². The minimum Gasteiger partial charge on any atom is -0.267 e. The van der Waals surface area contributed by atoms with Crippen molar-refractivity contribution in [1.82, 2.24) is 5.43 Å². The molecule has 0 saturated carbocycles. The second-order valence-electron chi connectivity index (χ2n) is 3.22. The van der Waals surface area contributed by atoms with E-state index in [9.17, 15) is 4.79 Å². The van der Waals surface area contributed by atoms with E-state index in [4.69, 9.17) is 11.6 Å².